The van der Waals surface area contributed by atoms with Crippen LogP contribution in [0, 0.1) is 0 Å². The number of carbonyl (C=O) groups excluding carboxylic acids is 2. The number of fused-ring (bicyclic) bond motifs is 1. The zero-order chi connectivity index (χ0) is 22.4. The van der Waals surface area contributed by atoms with E-state index in [1.54, 1.807) is 18.2 Å². The van der Waals surface area contributed by atoms with Crippen molar-refractivity contribution >= 4 is 23.6 Å². The van der Waals surface area contributed by atoms with Crippen LogP contribution in [0.15, 0.2) is 42.5 Å². The minimum Gasteiger partial charge on any atom is -0.493 e. The lowest BCUT2D eigenvalue weighted by Crippen LogP contribution is -2.29. The summed E-state index contributed by atoms with van der Waals surface area (Å²) in [6.45, 7) is 6.52. The lowest BCUT2D eigenvalue weighted by Gasteiger charge is -2.21. The van der Waals surface area contributed by atoms with Crippen molar-refractivity contribution in [3.8, 4) is 17.2 Å². The molecule has 0 aromatic heterocycles. The van der Waals surface area contributed by atoms with Gasteiger partial charge in [-0.1, -0.05) is 32.0 Å². The first-order valence-corrected chi connectivity index (χ1v) is 10.1. The maximum absolute atomic E-state index is 12.5. The SMILES string of the molecule is COc1cc(/C=C/C(=O)O[C@H](C)C(=O)Nc2ccccc2C(C)C)cc2c1OCCO2. The molecule has 1 aliphatic heterocycles. The molecule has 1 amide bonds. The molecule has 7 nitrogen and oxygen atoms in total. The van der Waals surface area contributed by atoms with Crippen LogP contribution in [-0.4, -0.2) is 38.3 Å². The van der Waals surface area contributed by atoms with Crippen molar-refractivity contribution < 1.29 is 28.5 Å². The molecule has 1 atom stereocenters. The van der Waals surface area contributed by atoms with Crippen molar-refractivity contribution in [3.63, 3.8) is 0 Å². The molecule has 1 heterocycles. The highest BCUT2D eigenvalue weighted by Gasteiger charge is 2.20. The zero-order valence-electron chi connectivity index (χ0n) is 18.1. The maximum Gasteiger partial charge on any atom is 0.331 e. The van der Waals surface area contributed by atoms with Crippen molar-refractivity contribution in [2.75, 3.05) is 25.6 Å². The summed E-state index contributed by atoms with van der Waals surface area (Å²) in [5.74, 6) is 0.835. The summed E-state index contributed by atoms with van der Waals surface area (Å²) in [5, 5.41) is 2.83. The Kier molecular flexibility index (Phi) is 7.18. The van der Waals surface area contributed by atoms with Crippen LogP contribution < -0.4 is 19.5 Å². The molecule has 0 spiro atoms. The molecule has 31 heavy (non-hydrogen) atoms. The van der Waals surface area contributed by atoms with Gasteiger partial charge < -0.3 is 24.3 Å². The van der Waals surface area contributed by atoms with Crippen LogP contribution in [0.1, 0.15) is 37.8 Å². The number of benzene rings is 2. The lowest BCUT2D eigenvalue weighted by molar-refractivity contribution is -0.148. The fourth-order valence-electron chi connectivity index (χ4n) is 3.17. The van der Waals surface area contributed by atoms with Crippen LogP contribution in [0.3, 0.4) is 0 Å². The summed E-state index contributed by atoms with van der Waals surface area (Å²) < 4.78 is 21.7. The third-order valence-corrected chi connectivity index (χ3v) is 4.77. The van der Waals surface area contributed by atoms with Crippen molar-refractivity contribution in [2.24, 2.45) is 0 Å². The molecule has 0 unspecified atom stereocenters. The minimum absolute atomic E-state index is 0.250. The Labute approximate surface area is 181 Å². The second-order valence-electron chi connectivity index (χ2n) is 7.39. The molecule has 0 fully saturated rings. The number of hydrogen-bond acceptors (Lipinski definition) is 6. The number of nitrogens with one attached hydrogen (secondary N) is 1. The molecule has 2 aromatic rings. The predicted molar refractivity (Wildman–Crippen MR) is 118 cm³/mol. The number of rotatable bonds is 7. The number of amides is 1. The van der Waals surface area contributed by atoms with Gasteiger partial charge in [0.05, 0.1) is 7.11 Å². The van der Waals surface area contributed by atoms with Crippen LogP contribution in [0.4, 0.5) is 5.69 Å². The average molecular weight is 425 g/mol. The standard InChI is InChI=1S/C24H27NO6/c1-15(2)18-7-5-6-8-19(18)25-24(27)16(3)31-22(26)10-9-17-13-20(28-4)23-21(14-17)29-11-12-30-23/h5-10,13-16H,11-12H2,1-4H3,(H,25,27)/b10-9+/t16-/m1/s1. The van der Waals surface area contributed by atoms with E-state index >= 15 is 0 Å². The van der Waals surface area contributed by atoms with E-state index in [0.29, 0.717) is 41.7 Å². The molecule has 0 radical (unpaired) electrons. The van der Waals surface area contributed by atoms with Crippen LogP contribution in [0.2, 0.25) is 0 Å². The van der Waals surface area contributed by atoms with Crippen LogP contribution in [0.25, 0.3) is 6.08 Å². The first-order chi connectivity index (χ1) is 14.9. The number of carbonyl (C=O) groups is 2. The van der Waals surface area contributed by atoms with Crippen LogP contribution >= 0.6 is 0 Å². The van der Waals surface area contributed by atoms with Gasteiger partial charge in [0.15, 0.2) is 17.6 Å². The molecule has 1 aliphatic rings. The van der Waals surface area contributed by atoms with E-state index in [1.807, 2.05) is 38.1 Å². The highest BCUT2D eigenvalue weighted by atomic mass is 16.6. The molecule has 0 bridgehead atoms. The Balaban J connectivity index is 1.63. The van der Waals surface area contributed by atoms with Gasteiger partial charge in [0.1, 0.15) is 13.2 Å². The number of esters is 1. The van der Waals surface area contributed by atoms with E-state index < -0.39 is 18.0 Å². The van der Waals surface area contributed by atoms with E-state index in [9.17, 15) is 9.59 Å². The van der Waals surface area contributed by atoms with Crippen molar-refractivity contribution in [1.82, 2.24) is 0 Å². The Bertz CT molecular complexity index is 965. The van der Waals surface area contributed by atoms with Gasteiger partial charge in [-0.05, 0) is 48.2 Å². The number of para-hydroxylation sites is 1. The number of hydrogen-bond donors (Lipinski definition) is 1. The fourth-order valence-corrected chi connectivity index (χ4v) is 3.17. The first-order valence-electron chi connectivity index (χ1n) is 10.1. The van der Waals surface area contributed by atoms with Gasteiger partial charge in [0.25, 0.3) is 5.91 Å². The molecule has 0 saturated carbocycles. The van der Waals surface area contributed by atoms with Crippen LogP contribution in [-0.2, 0) is 14.3 Å². The monoisotopic (exact) mass is 425 g/mol. The second-order valence-corrected chi connectivity index (χ2v) is 7.39. The Morgan fingerprint density at radius 3 is 2.58 bits per heavy atom. The van der Waals surface area contributed by atoms with E-state index in [-0.39, 0.29) is 5.92 Å². The predicted octanol–water partition coefficient (Wildman–Crippen LogP) is 4.17. The van der Waals surface area contributed by atoms with Crippen molar-refractivity contribution in [1.29, 1.82) is 0 Å². The smallest absolute Gasteiger partial charge is 0.331 e. The summed E-state index contributed by atoms with van der Waals surface area (Å²) in [5.41, 5.74) is 2.41. The van der Waals surface area contributed by atoms with Gasteiger partial charge in [-0.3, -0.25) is 4.79 Å². The minimum atomic E-state index is -0.952. The highest BCUT2D eigenvalue weighted by molar-refractivity contribution is 5.97. The lowest BCUT2D eigenvalue weighted by atomic mass is 10.0. The van der Waals surface area contributed by atoms with Gasteiger partial charge in [-0.25, -0.2) is 4.79 Å². The highest BCUT2D eigenvalue weighted by Crippen LogP contribution is 2.40. The average Bonchev–Trinajstić information content (AvgIpc) is 2.77. The molecule has 164 valence electrons. The van der Waals surface area contributed by atoms with E-state index in [4.69, 9.17) is 18.9 Å². The van der Waals surface area contributed by atoms with Crippen LogP contribution in [0.5, 0.6) is 17.2 Å². The third kappa shape index (κ3) is 5.57. The maximum atomic E-state index is 12.5. The molecular formula is C24H27NO6. The van der Waals surface area contributed by atoms with Gasteiger partial charge in [-0.2, -0.15) is 0 Å². The van der Waals surface area contributed by atoms with Gasteiger partial charge >= 0.3 is 5.97 Å². The van der Waals surface area contributed by atoms with E-state index in [0.717, 1.165) is 5.56 Å². The Hall–Kier alpha value is -3.48. The summed E-state index contributed by atoms with van der Waals surface area (Å²) in [4.78, 5) is 24.7. The third-order valence-electron chi connectivity index (χ3n) is 4.77. The number of anilines is 1. The number of ether oxygens (including phenoxy) is 4. The van der Waals surface area contributed by atoms with Crippen molar-refractivity contribution in [2.45, 2.75) is 32.8 Å². The molecule has 1 N–H and O–H groups in total. The van der Waals surface area contributed by atoms with Crippen molar-refractivity contribution in [3.05, 3.63) is 53.6 Å². The molecule has 0 saturated heterocycles. The summed E-state index contributed by atoms with van der Waals surface area (Å²) >= 11 is 0. The number of methoxy groups -OCH3 is 1. The van der Waals surface area contributed by atoms with Gasteiger partial charge in [-0.15, -0.1) is 0 Å². The van der Waals surface area contributed by atoms with Gasteiger partial charge in [0, 0.05) is 11.8 Å². The second kappa shape index (κ2) is 10.0. The van der Waals surface area contributed by atoms with E-state index in [1.165, 1.54) is 20.1 Å². The molecular weight excluding hydrogens is 398 g/mol. The summed E-state index contributed by atoms with van der Waals surface area (Å²) in [7, 11) is 1.53. The largest absolute Gasteiger partial charge is 0.493 e. The normalized spacial score (nSPS) is 13.7. The molecule has 7 heteroatoms. The zero-order valence-corrected chi connectivity index (χ0v) is 18.1. The summed E-state index contributed by atoms with van der Waals surface area (Å²) in [6, 6.07) is 11.0. The summed E-state index contributed by atoms with van der Waals surface area (Å²) in [6.07, 6.45) is 1.88. The Morgan fingerprint density at radius 1 is 1.10 bits per heavy atom. The fraction of sp³-hybridized carbons (Fsp3) is 0.333. The molecule has 3 rings (SSSR count). The van der Waals surface area contributed by atoms with E-state index in [2.05, 4.69) is 5.32 Å². The topological polar surface area (TPSA) is 83.1 Å². The molecule has 0 aliphatic carbocycles. The Morgan fingerprint density at radius 2 is 1.84 bits per heavy atom. The molecule has 2 aromatic carbocycles. The first kappa shape index (κ1) is 22.2. The van der Waals surface area contributed by atoms with Gasteiger partial charge in [0.2, 0.25) is 5.75 Å². The quantitative estimate of drug-likeness (QED) is 0.529.